The zero-order valence-corrected chi connectivity index (χ0v) is 20.1. The van der Waals surface area contributed by atoms with Crippen LogP contribution >= 0.6 is 0 Å². The summed E-state index contributed by atoms with van der Waals surface area (Å²) in [7, 11) is 0. The third-order valence-corrected chi connectivity index (χ3v) is 6.46. The van der Waals surface area contributed by atoms with Crippen LogP contribution in [0.3, 0.4) is 0 Å². The van der Waals surface area contributed by atoms with Crippen molar-refractivity contribution in [3.05, 3.63) is 82.4 Å². The van der Waals surface area contributed by atoms with Crippen LogP contribution in [0.2, 0.25) is 0 Å². The quantitative estimate of drug-likeness (QED) is 0.214. The molecule has 0 atom stereocenters. The molecule has 178 valence electrons. The molecule has 0 fully saturated rings. The lowest BCUT2D eigenvalue weighted by atomic mass is 10.0. The first kappa shape index (κ1) is 23.7. The summed E-state index contributed by atoms with van der Waals surface area (Å²) in [6, 6.07) is 16.0. The van der Waals surface area contributed by atoms with Crippen LogP contribution in [-0.2, 0) is 13.0 Å². The topological polar surface area (TPSA) is 78.7 Å². The van der Waals surface area contributed by atoms with E-state index in [4.69, 9.17) is 5.73 Å². The number of hydrogen-bond donors (Lipinski definition) is 1. The average Bonchev–Trinajstić information content (AvgIpc) is 3.28. The smallest absolute Gasteiger partial charge is 0.191 e. The lowest BCUT2D eigenvalue weighted by Gasteiger charge is -2.11. The van der Waals surface area contributed by atoms with E-state index in [1.54, 1.807) is 12.1 Å². The number of nitrogen functional groups attached to an aromatic ring is 1. The second-order valence-electron chi connectivity index (χ2n) is 9.16. The summed E-state index contributed by atoms with van der Waals surface area (Å²) < 4.78 is 3.98. The fourth-order valence-electron chi connectivity index (χ4n) is 4.54. The Morgan fingerprint density at radius 1 is 0.853 bits per heavy atom. The summed E-state index contributed by atoms with van der Waals surface area (Å²) in [5.74, 6) is 0. The van der Waals surface area contributed by atoms with E-state index in [1.165, 1.54) is 50.5 Å². The molecule has 0 saturated carbocycles. The van der Waals surface area contributed by atoms with Crippen LogP contribution in [0.15, 0.2) is 65.7 Å². The van der Waals surface area contributed by atoms with Crippen molar-refractivity contribution < 1.29 is 0 Å². The standard InChI is InChI=1S/C28H35N5O/c1-22-21-33(31-30-22)24-16-14-23(15-17-24)11-8-6-4-2-3-5-7-9-19-32-20-18-27(34)28-25(29)12-10-13-26(28)32/h10,12-18,20-21H,2-9,11,19,29H2,1H3. The zero-order valence-electron chi connectivity index (χ0n) is 20.1. The fourth-order valence-corrected chi connectivity index (χ4v) is 4.54. The third kappa shape index (κ3) is 6.13. The minimum Gasteiger partial charge on any atom is -0.398 e. The van der Waals surface area contributed by atoms with Crippen molar-refractivity contribution in [2.24, 2.45) is 0 Å². The van der Waals surface area contributed by atoms with E-state index >= 15 is 0 Å². The van der Waals surface area contributed by atoms with Gasteiger partial charge in [-0.25, -0.2) is 4.68 Å². The first-order valence-corrected chi connectivity index (χ1v) is 12.5. The van der Waals surface area contributed by atoms with Crippen LogP contribution in [-0.4, -0.2) is 19.6 Å². The summed E-state index contributed by atoms with van der Waals surface area (Å²) >= 11 is 0. The molecular formula is C28H35N5O. The second kappa shape index (κ2) is 11.6. The van der Waals surface area contributed by atoms with Gasteiger partial charge in [-0.2, -0.15) is 0 Å². The van der Waals surface area contributed by atoms with E-state index in [0.29, 0.717) is 11.1 Å². The predicted octanol–water partition coefficient (Wildman–Crippen LogP) is 5.84. The summed E-state index contributed by atoms with van der Waals surface area (Å²) in [5, 5.41) is 8.81. The number of anilines is 1. The number of hydrogen-bond acceptors (Lipinski definition) is 4. The number of nitrogens with two attached hydrogens (primary N) is 1. The third-order valence-electron chi connectivity index (χ3n) is 6.46. The highest BCUT2D eigenvalue weighted by Crippen LogP contribution is 2.18. The predicted molar refractivity (Wildman–Crippen MR) is 139 cm³/mol. The van der Waals surface area contributed by atoms with Gasteiger partial charge in [0.15, 0.2) is 5.43 Å². The minimum absolute atomic E-state index is 0.00298. The lowest BCUT2D eigenvalue weighted by Crippen LogP contribution is -2.10. The highest BCUT2D eigenvalue weighted by molar-refractivity contribution is 5.90. The SMILES string of the molecule is Cc1cn(-c2ccc(CCCCCCCCCCn3ccc(=O)c4c(N)cccc43)cc2)nn1. The molecule has 0 aliphatic rings. The van der Waals surface area contributed by atoms with Crippen molar-refractivity contribution in [2.45, 2.75) is 71.3 Å². The number of aryl methyl sites for hydroxylation is 3. The zero-order chi connectivity index (χ0) is 23.8. The molecule has 0 radical (unpaired) electrons. The molecule has 4 rings (SSSR count). The van der Waals surface area contributed by atoms with E-state index < -0.39 is 0 Å². The van der Waals surface area contributed by atoms with Crippen LogP contribution in [0.4, 0.5) is 5.69 Å². The maximum atomic E-state index is 12.1. The van der Waals surface area contributed by atoms with Gasteiger partial charge in [0, 0.05) is 24.5 Å². The van der Waals surface area contributed by atoms with Gasteiger partial charge in [-0.1, -0.05) is 61.9 Å². The number of nitrogens with zero attached hydrogens (tertiary/aromatic N) is 4. The Morgan fingerprint density at radius 2 is 1.56 bits per heavy atom. The summed E-state index contributed by atoms with van der Waals surface area (Å²) in [6.07, 6.45) is 15.0. The van der Waals surface area contributed by atoms with E-state index in [1.807, 2.05) is 36.1 Å². The molecule has 0 saturated heterocycles. The van der Waals surface area contributed by atoms with Crippen LogP contribution < -0.4 is 11.2 Å². The number of aromatic nitrogens is 4. The lowest BCUT2D eigenvalue weighted by molar-refractivity contribution is 0.544. The maximum Gasteiger partial charge on any atom is 0.191 e. The van der Waals surface area contributed by atoms with Crippen molar-refractivity contribution in [1.82, 2.24) is 19.6 Å². The number of pyridine rings is 1. The maximum absolute atomic E-state index is 12.1. The Morgan fingerprint density at radius 3 is 2.26 bits per heavy atom. The molecule has 2 heterocycles. The van der Waals surface area contributed by atoms with Gasteiger partial charge in [-0.05, 0) is 56.0 Å². The number of benzene rings is 2. The van der Waals surface area contributed by atoms with Gasteiger partial charge >= 0.3 is 0 Å². The first-order valence-electron chi connectivity index (χ1n) is 12.5. The van der Waals surface area contributed by atoms with Crippen molar-refractivity contribution in [1.29, 1.82) is 0 Å². The Bertz CT molecular complexity index is 1260. The number of unbranched alkanes of at least 4 members (excludes halogenated alkanes) is 7. The molecule has 6 nitrogen and oxygen atoms in total. The van der Waals surface area contributed by atoms with Crippen molar-refractivity contribution >= 4 is 16.6 Å². The van der Waals surface area contributed by atoms with Crippen molar-refractivity contribution in [2.75, 3.05) is 5.73 Å². The Kier molecular flexibility index (Phi) is 8.12. The molecule has 4 aromatic rings. The van der Waals surface area contributed by atoms with Gasteiger partial charge in [0.05, 0.1) is 28.5 Å². The number of rotatable bonds is 12. The molecule has 0 unspecified atom stereocenters. The van der Waals surface area contributed by atoms with E-state index in [2.05, 4.69) is 39.1 Å². The molecule has 0 bridgehead atoms. The molecule has 6 heteroatoms. The second-order valence-corrected chi connectivity index (χ2v) is 9.16. The largest absolute Gasteiger partial charge is 0.398 e. The van der Waals surface area contributed by atoms with Gasteiger partial charge < -0.3 is 10.3 Å². The summed E-state index contributed by atoms with van der Waals surface area (Å²) in [5.41, 5.74) is 10.9. The van der Waals surface area contributed by atoms with Gasteiger partial charge in [-0.3, -0.25) is 4.79 Å². The summed E-state index contributed by atoms with van der Waals surface area (Å²) in [4.78, 5) is 12.1. The molecule has 0 amide bonds. The van der Waals surface area contributed by atoms with Crippen LogP contribution in [0, 0.1) is 6.92 Å². The molecule has 2 aromatic carbocycles. The van der Waals surface area contributed by atoms with Gasteiger partial charge in [-0.15, -0.1) is 5.10 Å². The van der Waals surface area contributed by atoms with E-state index in [-0.39, 0.29) is 5.43 Å². The molecule has 2 aromatic heterocycles. The number of fused-ring (bicyclic) bond motifs is 1. The molecule has 2 N–H and O–H groups in total. The van der Waals surface area contributed by atoms with Gasteiger partial charge in [0.1, 0.15) is 0 Å². The molecule has 0 spiro atoms. The first-order chi connectivity index (χ1) is 16.6. The molecule has 0 aliphatic carbocycles. The Balaban J connectivity index is 1.08. The van der Waals surface area contributed by atoms with E-state index in [0.717, 1.165) is 36.3 Å². The van der Waals surface area contributed by atoms with Gasteiger partial charge in [0.25, 0.3) is 0 Å². The highest BCUT2D eigenvalue weighted by Gasteiger charge is 2.05. The molecule has 0 aliphatic heterocycles. The highest BCUT2D eigenvalue weighted by atomic mass is 16.1. The van der Waals surface area contributed by atoms with Crippen molar-refractivity contribution in [3.8, 4) is 5.69 Å². The molecular weight excluding hydrogens is 422 g/mol. The fraction of sp³-hybridized carbons (Fsp3) is 0.393. The minimum atomic E-state index is 0.00298. The monoisotopic (exact) mass is 457 g/mol. The van der Waals surface area contributed by atoms with Crippen LogP contribution in [0.1, 0.15) is 62.6 Å². The summed E-state index contributed by atoms with van der Waals surface area (Å²) in [6.45, 7) is 2.88. The Hall–Kier alpha value is -3.41. The average molecular weight is 458 g/mol. The van der Waals surface area contributed by atoms with Crippen LogP contribution in [0.25, 0.3) is 16.6 Å². The normalized spacial score (nSPS) is 11.3. The Labute approximate surface area is 201 Å². The van der Waals surface area contributed by atoms with Crippen LogP contribution in [0.5, 0.6) is 0 Å². The molecule has 34 heavy (non-hydrogen) atoms. The van der Waals surface area contributed by atoms with Crippen molar-refractivity contribution in [3.63, 3.8) is 0 Å². The van der Waals surface area contributed by atoms with E-state index in [9.17, 15) is 4.79 Å². The van der Waals surface area contributed by atoms with Gasteiger partial charge in [0.2, 0.25) is 0 Å².